The van der Waals surface area contributed by atoms with Crippen molar-refractivity contribution in [2.24, 2.45) is 0 Å². The number of hydrogen-bond donors (Lipinski definition) is 1. The molecule has 0 saturated carbocycles. The van der Waals surface area contributed by atoms with Gasteiger partial charge < -0.3 is 10.1 Å². The highest BCUT2D eigenvalue weighted by Crippen LogP contribution is 2.20. The van der Waals surface area contributed by atoms with Crippen molar-refractivity contribution in [3.05, 3.63) is 57.8 Å². The summed E-state index contributed by atoms with van der Waals surface area (Å²) in [6, 6.07) is 7.34. The molecule has 1 atom stereocenters. The topological polar surface area (TPSA) is 73.2 Å². The van der Waals surface area contributed by atoms with Gasteiger partial charge in [0.1, 0.15) is 5.75 Å². The molecule has 0 aliphatic rings. The average Bonchev–Trinajstić information content (AvgIpc) is 2.52. The van der Waals surface area contributed by atoms with Crippen LogP contribution in [-0.2, 0) is 11.3 Å². The number of rotatable bonds is 6. The Morgan fingerprint density at radius 3 is 2.75 bits per heavy atom. The molecule has 0 bridgehead atoms. The Hall–Kier alpha value is -2.63. The molecule has 1 aromatic heterocycles. The Bertz CT molecular complexity index is 783. The van der Waals surface area contributed by atoms with E-state index in [1.54, 1.807) is 13.8 Å². The molecule has 0 radical (unpaired) electrons. The van der Waals surface area contributed by atoms with E-state index in [9.17, 15) is 9.59 Å². The number of ether oxygens (including phenoxy) is 1. The second-order valence-electron chi connectivity index (χ2n) is 5.88. The summed E-state index contributed by atoms with van der Waals surface area (Å²) in [6.45, 7) is 8.09. The summed E-state index contributed by atoms with van der Waals surface area (Å²) in [5, 5.41) is 2.78. The van der Waals surface area contributed by atoms with Gasteiger partial charge in [-0.1, -0.05) is 12.1 Å². The van der Waals surface area contributed by atoms with Gasteiger partial charge in [0, 0.05) is 24.8 Å². The fraction of sp³-hybridized carbons (Fsp3) is 0.389. The summed E-state index contributed by atoms with van der Waals surface area (Å²) < 4.78 is 7.20. The number of amides is 1. The number of aryl methyl sites for hydroxylation is 3. The van der Waals surface area contributed by atoms with E-state index in [0.717, 1.165) is 11.1 Å². The first-order valence-electron chi connectivity index (χ1n) is 7.91. The first-order chi connectivity index (χ1) is 11.4. The summed E-state index contributed by atoms with van der Waals surface area (Å²) in [4.78, 5) is 28.0. The van der Waals surface area contributed by atoms with Crippen LogP contribution in [0.15, 0.2) is 35.4 Å². The van der Waals surface area contributed by atoms with Gasteiger partial charge in [0.15, 0.2) is 6.10 Å². The van der Waals surface area contributed by atoms with Crippen molar-refractivity contribution in [3.8, 4) is 5.75 Å². The zero-order valence-corrected chi connectivity index (χ0v) is 14.5. The molecule has 6 heteroatoms. The lowest BCUT2D eigenvalue weighted by atomic mass is 10.1. The smallest absolute Gasteiger partial charge is 0.260 e. The van der Waals surface area contributed by atoms with Gasteiger partial charge >= 0.3 is 0 Å². The molecule has 1 N–H and O–H groups in total. The summed E-state index contributed by atoms with van der Waals surface area (Å²) in [7, 11) is 0. The molecule has 24 heavy (non-hydrogen) atoms. The van der Waals surface area contributed by atoms with E-state index >= 15 is 0 Å². The van der Waals surface area contributed by atoms with Crippen LogP contribution < -0.4 is 15.6 Å². The van der Waals surface area contributed by atoms with E-state index < -0.39 is 6.10 Å². The maximum Gasteiger partial charge on any atom is 0.260 e. The van der Waals surface area contributed by atoms with Gasteiger partial charge in [-0.2, -0.15) is 0 Å². The van der Waals surface area contributed by atoms with Crippen molar-refractivity contribution in [2.75, 3.05) is 6.54 Å². The summed E-state index contributed by atoms with van der Waals surface area (Å²) >= 11 is 0. The van der Waals surface area contributed by atoms with Crippen molar-refractivity contribution in [1.29, 1.82) is 0 Å². The standard InChI is InChI=1S/C18H23N3O3/c1-12-5-6-13(2)16(9-12)24-15(4)18(23)19-7-8-21-11-20-14(3)10-17(21)22/h5-6,9-11,15H,7-8H2,1-4H3,(H,19,23). The number of nitrogens with one attached hydrogen (secondary N) is 1. The maximum absolute atomic E-state index is 12.1. The maximum atomic E-state index is 12.1. The Labute approximate surface area is 141 Å². The molecule has 0 aliphatic carbocycles. The molecule has 1 amide bonds. The Kier molecular flexibility index (Phi) is 5.73. The lowest BCUT2D eigenvalue weighted by molar-refractivity contribution is -0.127. The summed E-state index contributed by atoms with van der Waals surface area (Å²) in [5.41, 5.74) is 2.61. The molecule has 0 saturated heterocycles. The highest BCUT2D eigenvalue weighted by molar-refractivity contribution is 5.80. The molecule has 0 aliphatic heterocycles. The van der Waals surface area contributed by atoms with Crippen molar-refractivity contribution in [1.82, 2.24) is 14.9 Å². The van der Waals surface area contributed by atoms with Crippen molar-refractivity contribution < 1.29 is 9.53 Å². The van der Waals surface area contributed by atoms with Gasteiger partial charge in [-0.05, 0) is 44.9 Å². The van der Waals surface area contributed by atoms with Gasteiger partial charge in [-0.25, -0.2) is 4.98 Å². The Balaban J connectivity index is 1.87. The van der Waals surface area contributed by atoms with Crippen LogP contribution in [0.5, 0.6) is 5.75 Å². The highest BCUT2D eigenvalue weighted by Gasteiger charge is 2.15. The minimum Gasteiger partial charge on any atom is -0.481 e. The largest absolute Gasteiger partial charge is 0.481 e. The molecule has 0 fully saturated rings. The molecular weight excluding hydrogens is 306 g/mol. The highest BCUT2D eigenvalue weighted by atomic mass is 16.5. The van der Waals surface area contributed by atoms with Crippen LogP contribution in [0.3, 0.4) is 0 Å². The van der Waals surface area contributed by atoms with Crippen LogP contribution in [0, 0.1) is 20.8 Å². The summed E-state index contributed by atoms with van der Waals surface area (Å²) in [5.74, 6) is 0.487. The minimum atomic E-state index is -0.613. The van der Waals surface area contributed by atoms with Crippen LogP contribution >= 0.6 is 0 Å². The number of nitrogens with zero attached hydrogens (tertiary/aromatic N) is 2. The number of aromatic nitrogens is 2. The quantitative estimate of drug-likeness (QED) is 0.876. The van der Waals surface area contributed by atoms with E-state index in [0.29, 0.717) is 24.5 Å². The molecule has 0 spiro atoms. The van der Waals surface area contributed by atoms with Crippen molar-refractivity contribution in [3.63, 3.8) is 0 Å². The molecule has 128 valence electrons. The van der Waals surface area contributed by atoms with Gasteiger partial charge in [-0.15, -0.1) is 0 Å². The molecule has 1 unspecified atom stereocenters. The third kappa shape index (κ3) is 4.68. The second kappa shape index (κ2) is 7.77. The molecule has 2 aromatic rings. The monoisotopic (exact) mass is 329 g/mol. The number of carbonyl (C=O) groups excluding carboxylic acids is 1. The van der Waals surface area contributed by atoms with E-state index in [1.807, 2.05) is 32.0 Å². The summed E-state index contributed by atoms with van der Waals surface area (Å²) in [6.07, 6.45) is 0.873. The third-order valence-electron chi connectivity index (χ3n) is 3.68. The molecule has 1 aromatic carbocycles. The molecule has 6 nitrogen and oxygen atoms in total. The normalized spacial score (nSPS) is 11.8. The molecule has 1 heterocycles. The number of benzene rings is 1. The lowest BCUT2D eigenvalue weighted by Gasteiger charge is -2.17. The van der Waals surface area contributed by atoms with Crippen LogP contribution in [-0.4, -0.2) is 28.1 Å². The zero-order chi connectivity index (χ0) is 17.7. The lowest BCUT2D eigenvalue weighted by Crippen LogP contribution is -2.39. The zero-order valence-electron chi connectivity index (χ0n) is 14.5. The van der Waals surface area contributed by atoms with Gasteiger partial charge in [-0.3, -0.25) is 14.2 Å². The fourth-order valence-electron chi connectivity index (χ4n) is 2.21. The van der Waals surface area contributed by atoms with E-state index in [4.69, 9.17) is 4.74 Å². The molecule has 2 rings (SSSR count). The van der Waals surface area contributed by atoms with E-state index in [-0.39, 0.29) is 11.5 Å². The van der Waals surface area contributed by atoms with E-state index in [1.165, 1.54) is 17.0 Å². The fourth-order valence-corrected chi connectivity index (χ4v) is 2.21. The molecular formula is C18H23N3O3. The van der Waals surface area contributed by atoms with Crippen LogP contribution in [0.25, 0.3) is 0 Å². The van der Waals surface area contributed by atoms with E-state index in [2.05, 4.69) is 10.3 Å². The predicted molar refractivity (Wildman–Crippen MR) is 92.2 cm³/mol. The minimum absolute atomic E-state index is 0.128. The number of carbonyl (C=O) groups is 1. The first kappa shape index (κ1) is 17.7. The van der Waals surface area contributed by atoms with Crippen molar-refractivity contribution in [2.45, 2.75) is 40.3 Å². The second-order valence-corrected chi connectivity index (χ2v) is 5.88. The average molecular weight is 329 g/mol. The Morgan fingerprint density at radius 1 is 1.29 bits per heavy atom. The predicted octanol–water partition coefficient (Wildman–Crippen LogP) is 1.75. The Morgan fingerprint density at radius 2 is 2.04 bits per heavy atom. The van der Waals surface area contributed by atoms with Crippen LogP contribution in [0.1, 0.15) is 23.7 Å². The third-order valence-corrected chi connectivity index (χ3v) is 3.68. The van der Waals surface area contributed by atoms with Gasteiger partial charge in [0.05, 0.1) is 6.33 Å². The first-order valence-corrected chi connectivity index (χ1v) is 7.91. The van der Waals surface area contributed by atoms with Crippen LogP contribution in [0.4, 0.5) is 0 Å². The number of hydrogen-bond acceptors (Lipinski definition) is 4. The SMILES string of the molecule is Cc1ccc(C)c(OC(C)C(=O)NCCn2cnc(C)cc2=O)c1. The van der Waals surface area contributed by atoms with Crippen LogP contribution in [0.2, 0.25) is 0 Å². The van der Waals surface area contributed by atoms with Gasteiger partial charge in [0.25, 0.3) is 11.5 Å². The van der Waals surface area contributed by atoms with Crippen molar-refractivity contribution >= 4 is 5.91 Å². The van der Waals surface area contributed by atoms with Gasteiger partial charge in [0.2, 0.25) is 0 Å².